The summed E-state index contributed by atoms with van der Waals surface area (Å²) in [5.74, 6) is 2.46. The highest BCUT2D eigenvalue weighted by molar-refractivity contribution is 5.65. The first-order chi connectivity index (χ1) is 13.0. The highest BCUT2D eigenvalue weighted by Crippen LogP contribution is 2.29. The van der Waals surface area contributed by atoms with Crippen LogP contribution in [0.3, 0.4) is 0 Å². The molecule has 0 aliphatic rings. The molecule has 27 heavy (non-hydrogen) atoms. The molecule has 5 nitrogen and oxygen atoms in total. The van der Waals surface area contributed by atoms with E-state index in [9.17, 15) is 0 Å². The third-order valence-corrected chi connectivity index (χ3v) is 4.00. The third kappa shape index (κ3) is 4.97. The molecule has 5 heteroatoms. The maximum absolute atomic E-state index is 5.86. The van der Waals surface area contributed by atoms with Gasteiger partial charge < -0.3 is 15.4 Å². The first-order valence-corrected chi connectivity index (χ1v) is 9.24. The molecule has 0 amide bonds. The number of hydrogen-bond donors (Lipinski definition) is 2. The second kappa shape index (κ2) is 8.54. The lowest BCUT2D eigenvalue weighted by atomic mass is 10.0. The van der Waals surface area contributed by atoms with Crippen molar-refractivity contribution in [3.8, 4) is 5.75 Å². The number of para-hydroxylation sites is 3. The van der Waals surface area contributed by atoms with Crippen molar-refractivity contribution in [2.75, 3.05) is 10.6 Å². The summed E-state index contributed by atoms with van der Waals surface area (Å²) in [5.41, 5.74) is 3.13. The second-order valence-electron chi connectivity index (χ2n) is 6.92. The molecule has 1 aromatic heterocycles. The van der Waals surface area contributed by atoms with Crippen molar-refractivity contribution in [2.45, 2.75) is 39.7 Å². The number of rotatable bonds is 7. The Morgan fingerprint density at radius 2 is 1.52 bits per heavy atom. The normalized spacial score (nSPS) is 10.9. The zero-order chi connectivity index (χ0) is 19.2. The molecule has 0 unspecified atom stereocenters. The maximum atomic E-state index is 5.86. The van der Waals surface area contributed by atoms with Gasteiger partial charge in [0.05, 0.1) is 11.8 Å². The average molecular weight is 362 g/mol. The molecule has 0 atom stereocenters. The van der Waals surface area contributed by atoms with E-state index in [-0.39, 0.29) is 6.10 Å². The van der Waals surface area contributed by atoms with E-state index in [1.807, 2.05) is 62.4 Å². The molecule has 0 aliphatic carbocycles. The molecule has 2 N–H and O–H groups in total. The van der Waals surface area contributed by atoms with Crippen LogP contribution in [0.4, 0.5) is 23.1 Å². The molecule has 0 saturated carbocycles. The summed E-state index contributed by atoms with van der Waals surface area (Å²) in [5, 5.41) is 6.66. The first kappa shape index (κ1) is 18.7. The van der Waals surface area contributed by atoms with Gasteiger partial charge in [0.25, 0.3) is 0 Å². The highest BCUT2D eigenvalue weighted by atomic mass is 16.5. The van der Waals surface area contributed by atoms with Crippen LogP contribution in [-0.2, 0) is 0 Å². The monoisotopic (exact) mass is 362 g/mol. The number of nitrogens with one attached hydrogen (secondary N) is 2. The fourth-order valence-corrected chi connectivity index (χ4v) is 2.79. The van der Waals surface area contributed by atoms with Gasteiger partial charge in [-0.1, -0.05) is 44.2 Å². The Morgan fingerprint density at radius 3 is 2.26 bits per heavy atom. The molecule has 0 saturated heterocycles. The van der Waals surface area contributed by atoms with E-state index in [0.29, 0.717) is 17.7 Å². The lowest BCUT2D eigenvalue weighted by molar-refractivity contribution is 0.244. The van der Waals surface area contributed by atoms with Crippen LogP contribution in [0.15, 0.2) is 60.8 Å². The van der Waals surface area contributed by atoms with Crippen molar-refractivity contribution >= 4 is 23.1 Å². The van der Waals surface area contributed by atoms with Crippen LogP contribution in [0, 0.1) is 0 Å². The molecule has 0 spiro atoms. The second-order valence-corrected chi connectivity index (χ2v) is 6.92. The predicted octanol–water partition coefficient (Wildman–Crippen LogP) is 5.87. The van der Waals surface area contributed by atoms with Gasteiger partial charge in [-0.05, 0) is 49.6 Å². The largest absolute Gasteiger partial charge is 0.489 e. The van der Waals surface area contributed by atoms with Gasteiger partial charge in [0.2, 0.25) is 5.95 Å². The summed E-state index contributed by atoms with van der Waals surface area (Å²) < 4.78 is 5.86. The Hall–Kier alpha value is -3.08. The van der Waals surface area contributed by atoms with Crippen molar-refractivity contribution in [1.29, 1.82) is 0 Å². The number of hydrogen-bond acceptors (Lipinski definition) is 5. The Kier molecular flexibility index (Phi) is 5.91. The fourth-order valence-electron chi connectivity index (χ4n) is 2.79. The molecule has 1 heterocycles. The molecular weight excluding hydrogens is 336 g/mol. The molecule has 3 aromatic rings. The molecule has 0 aliphatic heterocycles. The van der Waals surface area contributed by atoms with E-state index in [1.54, 1.807) is 6.20 Å². The lowest BCUT2D eigenvalue weighted by Gasteiger charge is -2.16. The number of aromatic nitrogens is 2. The lowest BCUT2D eigenvalue weighted by Crippen LogP contribution is -2.08. The number of anilines is 4. The summed E-state index contributed by atoms with van der Waals surface area (Å²) in [6.45, 7) is 8.36. The summed E-state index contributed by atoms with van der Waals surface area (Å²) in [6.07, 6.45) is 1.84. The van der Waals surface area contributed by atoms with Gasteiger partial charge in [-0.2, -0.15) is 4.98 Å². The Bertz CT molecular complexity index is 893. The van der Waals surface area contributed by atoms with E-state index in [1.165, 1.54) is 5.56 Å². The van der Waals surface area contributed by atoms with Gasteiger partial charge in [0, 0.05) is 11.9 Å². The molecule has 0 bridgehead atoms. The van der Waals surface area contributed by atoms with E-state index < -0.39 is 0 Å². The predicted molar refractivity (Wildman–Crippen MR) is 111 cm³/mol. The minimum Gasteiger partial charge on any atom is -0.489 e. The molecular formula is C22H26N4O. The van der Waals surface area contributed by atoms with Gasteiger partial charge in [-0.25, -0.2) is 4.98 Å². The zero-order valence-corrected chi connectivity index (χ0v) is 16.2. The molecule has 0 radical (unpaired) electrons. The first-order valence-electron chi connectivity index (χ1n) is 9.24. The fraction of sp³-hybridized carbons (Fsp3) is 0.273. The van der Waals surface area contributed by atoms with Crippen LogP contribution in [0.25, 0.3) is 0 Å². The summed E-state index contributed by atoms with van der Waals surface area (Å²) in [4.78, 5) is 8.95. The maximum Gasteiger partial charge on any atom is 0.229 e. The zero-order valence-electron chi connectivity index (χ0n) is 16.2. The van der Waals surface area contributed by atoms with Crippen molar-refractivity contribution in [3.05, 3.63) is 66.4 Å². The number of nitrogens with zero attached hydrogens (tertiary/aromatic N) is 2. The summed E-state index contributed by atoms with van der Waals surface area (Å²) >= 11 is 0. The summed E-state index contributed by atoms with van der Waals surface area (Å²) in [6, 6.07) is 17.9. The molecule has 0 fully saturated rings. The Balaban J connectivity index is 1.81. The number of benzene rings is 2. The van der Waals surface area contributed by atoms with Gasteiger partial charge in [-0.3, -0.25) is 0 Å². The van der Waals surface area contributed by atoms with Crippen LogP contribution < -0.4 is 15.4 Å². The summed E-state index contributed by atoms with van der Waals surface area (Å²) in [7, 11) is 0. The van der Waals surface area contributed by atoms with Gasteiger partial charge in [0.1, 0.15) is 11.6 Å². The molecule has 2 aromatic carbocycles. The van der Waals surface area contributed by atoms with Crippen molar-refractivity contribution < 1.29 is 4.74 Å². The highest BCUT2D eigenvalue weighted by Gasteiger charge is 2.09. The minimum absolute atomic E-state index is 0.100. The Labute approximate surface area is 160 Å². The topological polar surface area (TPSA) is 59.1 Å². The van der Waals surface area contributed by atoms with Crippen LogP contribution in [0.1, 0.15) is 39.2 Å². The van der Waals surface area contributed by atoms with Crippen molar-refractivity contribution in [2.24, 2.45) is 0 Å². The van der Waals surface area contributed by atoms with E-state index >= 15 is 0 Å². The van der Waals surface area contributed by atoms with Gasteiger partial charge >= 0.3 is 0 Å². The van der Waals surface area contributed by atoms with Crippen LogP contribution >= 0.6 is 0 Å². The van der Waals surface area contributed by atoms with Gasteiger partial charge in [-0.15, -0.1) is 0 Å². The molecule has 3 rings (SSSR count). The van der Waals surface area contributed by atoms with E-state index in [0.717, 1.165) is 17.1 Å². The van der Waals surface area contributed by atoms with Crippen LogP contribution in [0.5, 0.6) is 5.75 Å². The minimum atomic E-state index is 0.100. The average Bonchev–Trinajstić information content (AvgIpc) is 2.63. The van der Waals surface area contributed by atoms with E-state index in [2.05, 4.69) is 40.5 Å². The Morgan fingerprint density at radius 1 is 0.815 bits per heavy atom. The van der Waals surface area contributed by atoms with E-state index in [4.69, 9.17) is 4.74 Å². The molecule has 140 valence electrons. The standard InChI is InChI=1S/C22H26N4O/c1-15(2)17-9-5-6-10-18(17)25-22-23-14-13-21(26-22)24-19-11-7-8-12-20(19)27-16(3)4/h5-16H,1-4H3,(H2,23,24,25,26). The smallest absolute Gasteiger partial charge is 0.229 e. The number of ether oxygens (including phenoxy) is 1. The van der Waals surface area contributed by atoms with Crippen LogP contribution in [0.2, 0.25) is 0 Å². The van der Waals surface area contributed by atoms with Crippen molar-refractivity contribution in [3.63, 3.8) is 0 Å². The van der Waals surface area contributed by atoms with Crippen molar-refractivity contribution in [1.82, 2.24) is 9.97 Å². The quantitative estimate of drug-likeness (QED) is 0.550. The van der Waals surface area contributed by atoms with Gasteiger partial charge in [0.15, 0.2) is 0 Å². The third-order valence-electron chi connectivity index (χ3n) is 4.00. The SMILES string of the molecule is CC(C)Oc1ccccc1Nc1ccnc(Nc2ccccc2C(C)C)n1. The van der Waals surface area contributed by atoms with Crippen LogP contribution in [-0.4, -0.2) is 16.1 Å².